The maximum Gasteiger partial charge on any atom is 0.303 e. The summed E-state index contributed by atoms with van der Waals surface area (Å²) in [6.07, 6.45) is -10.9. The first-order valence-electron chi connectivity index (χ1n) is 38.4. The number of carbonyl (C=O) groups is 9. The van der Waals surface area contributed by atoms with E-state index in [4.69, 9.17) is 75.8 Å². The van der Waals surface area contributed by atoms with Crippen LogP contribution >= 0.6 is 0 Å². The van der Waals surface area contributed by atoms with E-state index in [-0.39, 0.29) is 189 Å². The molecule has 3 heterocycles. The lowest BCUT2D eigenvalue weighted by molar-refractivity contribution is -0.272. The van der Waals surface area contributed by atoms with Crippen LogP contribution in [0.1, 0.15) is 120 Å². The van der Waals surface area contributed by atoms with E-state index in [1.54, 1.807) is 34.6 Å². The van der Waals surface area contributed by atoms with E-state index >= 15 is 0 Å². The molecule has 15 N–H and O–H groups in total. The van der Waals surface area contributed by atoms with Crippen LogP contribution in [0.5, 0.6) is 0 Å². The number of rotatable bonds is 62. The van der Waals surface area contributed by atoms with Gasteiger partial charge in [0.25, 0.3) is 0 Å². The smallest absolute Gasteiger partial charge is 0.303 e. The van der Waals surface area contributed by atoms with Gasteiger partial charge in [-0.3, -0.25) is 43.2 Å². The standard InChI is InChI=1S/C72H128N8O33/c1-45-58(75-47(3)83)68(112-52(40-81)61(45)91)107-37-34-101-25-22-98-28-31-105-43-55(87)74-20-13-11-15-51(67(97)80-71(6,7)18-21-110-72(8,9)17-16-57(89)90)79-66(96)50(78-56(88)44-106-33-30-100-24-26-102-35-38-108-69-59(76-48(4)84)64(94)62(92)46(2)111-69)14-10-12-19-73-54(86)42-104-32-29-99-23-27-103-36-39-109-70-60(77-49(5)85)65(95)63(93)53(41-82)113-70/h45-46,50-53,58,60-65,68-70,81-82,91-95H,10-44H2,1-9H3,(H,73,86)(H,74,87)(H,75,83)(H,77,85)(H,78,88)(H,79,96)(H,80,97)(H,89,90)/b76-59+/t45-,46-,50+,51+,52-,53?,58?,60?,61-,62+,63+,64?,65-,68-,69-,70-/m1/s1. The molecule has 654 valence electrons. The Morgan fingerprint density at radius 1 is 0.478 bits per heavy atom. The maximum absolute atomic E-state index is 14.4. The largest absolute Gasteiger partial charge is 0.481 e. The van der Waals surface area contributed by atoms with Gasteiger partial charge in [0.05, 0.1) is 156 Å². The molecule has 0 spiro atoms. The molecule has 3 fully saturated rings. The van der Waals surface area contributed by atoms with Crippen molar-refractivity contribution in [2.75, 3.05) is 172 Å². The van der Waals surface area contributed by atoms with Gasteiger partial charge >= 0.3 is 5.97 Å². The highest BCUT2D eigenvalue weighted by Crippen LogP contribution is 2.28. The summed E-state index contributed by atoms with van der Waals surface area (Å²) in [5, 5.41) is 99.3. The first-order valence-corrected chi connectivity index (χ1v) is 38.4. The molecule has 16 atom stereocenters. The fourth-order valence-electron chi connectivity index (χ4n) is 11.4. The SMILES string of the molecule is CC(=O)/N=C1\C(O)[C@@H](O)[C@@H](C)O[C@H]1OCCOCCOCCOCC(=O)N[C@@H](CCCCNC(=O)COCCOCCOCCO[C@@H]1OC(CO)[C@H](O)[C@H](O)C1NC(C)=O)C(=O)N[C@@H](CCCCNC(=O)COCCOCCOCCO[C@@H]1O[C@H](CO)[C@H](O)[C@H](C)C1NC(C)=O)C(=O)NC(C)(C)CCOC(C)(C)CCC(=O)O. The number of aliphatic hydroxyl groups is 7. The van der Waals surface area contributed by atoms with Gasteiger partial charge in [-0.1, -0.05) is 6.92 Å². The number of aliphatic carboxylic acids is 1. The zero-order valence-corrected chi connectivity index (χ0v) is 66.7. The number of aliphatic imine (C=N–C) groups is 1. The number of aliphatic hydroxyl groups excluding tert-OH is 7. The van der Waals surface area contributed by atoms with Gasteiger partial charge in [0, 0.05) is 58.3 Å². The summed E-state index contributed by atoms with van der Waals surface area (Å²) < 4.78 is 89.6. The third-order valence-electron chi connectivity index (χ3n) is 17.7. The first kappa shape index (κ1) is 101. The van der Waals surface area contributed by atoms with Crippen LogP contribution in [0.15, 0.2) is 4.99 Å². The van der Waals surface area contributed by atoms with Crippen molar-refractivity contribution in [3.8, 4) is 0 Å². The highest BCUT2D eigenvalue weighted by Gasteiger charge is 2.47. The number of unbranched alkanes of at least 4 members (excludes halogenated alkanes) is 2. The second-order valence-corrected chi connectivity index (χ2v) is 28.3. The van der Waals surface area contributed by atoms with Crippen molar-refractivity contribution in [3.63, 3.8) is 0 Å². The topological polar surface area (TPSA) is 560 Å². The molecule has 3 aliphatic rings. The molecule has 4 unspecified atom stereocenters. The molecule has 3 rings (SSSR count). The highest BCUT2D eigenvalue weighted by atomic mass is 16.7. The summed E-state index contributed by atoms with van der Waals surface area (Å²) >= 11 is 0. The van der Waals surface area contributed by atoms with Crippen molar-refractivity contribution >= 4 is 58.9 Å². The summed E-state index contributed by atoms with van der Waals surface area (Å²) in [5.74, 6) is -5.64. The Labute approximate surface area is 659 Å². The number of carboxylic acids is 1. The van der Waals surface area contributed by atoms with Gasteiger partial charge in [-0.25, -0.2) is 4.99 Å². The number of hydrogen-bond acceptors (Lipinski definition) is 32. The first-order chi connectivity index (χ1) is 53.8. The fourth-order valence-corrected chi connectivity index (χ4v) is 11.4. The predicted octanol–water partition coefficient (Wildman–Crippen LogP) is -4.71. The number of nitrogens with one attached hydrogen (secondary N) is 7. The lowest BCUT2D eigenvalue weighted by Crippen LogP contribution is -2.64. The van der Waals surface area contributed by atoms with E-state index in [0.717, 1.165) is 0 Å². The average Bonchev–Trinajstić information content (AvgIpc) is 0.818. The third-order valence-corrected chi connectivity index (χ3v) is 17.7. The van der Waals surface area contributed by atoms with E-state index in [1.165, 1.54) is 27.7 Å². The van der Waals surface area contributed by atoms with Crippen LogP contribution in [-0.2, 0) is 119 Å². The molecule has 0 aliphatic carbocycles. The predicted molar refractivity (Wildman–Crippen MR) is 395 cm³/mol. The molecule has 41 heteroatoms. The summed E-state index contributed by atoms with van der Waals surface area (Å²) in [7, 11) is 0. The minimum absolute atomic E-state index is 0.0202. The number of ether oxygens (including phenoxy) is 16. The van der Waals surface area contributed by atoms with Crippen LogP contribution in [0.3, 0.4) is 0 Å². The molecule has 0 aromatic rings. The zero-order chi connectivity index (χ0) is 83.7. The molecule has 3 aliphatic heterocycles. The van der Waals surface area contributed by atoms with E-state index in [9.17, 15) is 84.0 Å². The fraction of sp³-hybridized carbons (Fsp3) is 0.861. The van der Waals surface area contributed by atoms with Crippen LogP contribution in [0.4, 0.5) is 0 Å². The number of carboxylic acid groups (broad SMARTS) is 1. The second kappa shape index (κ2) is 57.3. The van der Waals surface area contributed by atoms with Gasteiger partial charge in [-0.15, -0.1) is 0 Å². The van der Waals surface area contributed by atoms with Crippen molar-refractivity contribution in [2.45, 2.75) is 223 Å². The molecule has 0 bridgehead atoms. The summed E-state index contributed by atoms with van der Waals surface area (Å²) in [5.41, 5.74) is -1.85. The molecule has 0 aromatic heterocycles. The highest BCUT2D eigenvalue weighted by molar-refractivity contribution is 6.00. The van der Waals surface area contributed by atoms with E-state index in [2.05, 4.69) is 42.2 Å². The molecule has 8 amide bonds. The van der Waals surface area contributed by atoms with Gasteiger partial charge < -0.3 is 154 Å². The summed E-state index contributed by atoms with van der Waals surface area (Å²) in [6.45, 7) is 14.2. The number of amides is 8. The van der Waals surface area contributed by atoms with Crippen LogP contribution in [-0.4, -0.2) is 374 Å². The van der Waals surface area contributed by atoms with E-state index in [1.807, 2.05) is 0 Å². The summed E-state index contributed by atoms with van der Waals surface area (Å²) in [6, 6.07) is -4.12. The van der Waals surface area contributed by atoms with E-state index in [0.29, 0.717) is 32.1 Å². The Morgan fingerprint density at radius 2 is 0.903 bits per heavy atom. The zero-order valence-electron chi connectivity index (χ0n) is 66.7. The minimum Gasteiger partial charge on any atom is -0.481 e. The molecular weight excluding hydrogens is 1500 g/mol. The van der Waals surface area contributed by atoms with Crippen LogP contribution in [0, 0.1) is 5.92 Å². The van der Waals surface area contributed by atoms with Crippen LogP contribution in [0.25, 0.3) is 0 Å². The van der Waals surface area contributed by atoms with E-state index < -0.39 is 176 Å². The third kappa shape index (κ3) is 43.3. The Hall–Kier alpha value is -5.82. The van der Waals surface area contributed by atoms with Crippen molar-refractivity contribution < 1.29 is 160 Å². The average molecular weight is 1630 g/mol. The molecular formula is C72H128N8O33. The van der Waals surface area contributed by atoms with Crippen molar-refractivity contribution in [1.29, 1.82) is 0 Å². The van der Waals surface area contributed by atoms with Gasteiger partial charge in [0.1, 0.15) is 80.3 Å². The quantitative estimate of drug-likeness (QED) is 0.0254. The molecule has 0 saturated carbocycles. The Bertz CT molecular complexity index is 2780. The van der Waals surface area contributed by atoms with Crippen molar-refractivity contribution in [2.24, 2.45) is 10.9 Å². The number of carbonyl (C=O) groups excluding carboxylic acids is 8. The monoisotopic (exact) mass is 1630 g/mol. The van der Waals surface area contributed by atoms with Gasteiger partial charge in [0.2, 0.25) is 47.3 Å². The van der Waals surface area contributed by atoms with Crippen LogP contribution in [0.2, 0.25) is 0 Å². The lowest BCUT2D eigenvalue weighted by Gasteiger charge is -2.43. The molecule has 41 nitrogen and oxygen atoms in total. The Kier molecular flexibility index (Phi) is 51.4. The van der Waals surface area contributed by atoms with Gasteiger partial charge in [-0.05, 0) is 86.0 Å². The Morgan fingerprint density at radius 3 is 1.36 bits per heavy atom. The maximum atomic E-state index is 14.4. The molecule has 0 aromatic carbocycles. The number of hydrogen-bond donors (Lipinski definition) is 15. The van der Waals surface area contributed by atoms with Crippen LogP contribution < -0.4 is 37.2 Å². The Balaban J connectivity index is 1.54. The molecule has 0 radical (unpaired) electrons. The summed E-state index contributed by atoms with van der Waals surface area (Å²) in [4.78, 5) is 118. The van der Waals surface area contributed by atoms with Crippen molar-refractivity contribution in [1.82, 2.24) is 37.2 Å². The van der Waals surface area contributed by atoms with Gasteiger partial charge in [-0.2, -0.15) is 0 Å². The van der Waals surface area contributed by atoms with Crippen molar-refractivity contribution in [3.05, 3.63) is 0 Å². The molecule has 3 saturated heterocycles. The number of nitrogens with zero attached hydrogens (tertiary/aromatic N) is 1. The minimum atomic E-state index is -1.46. The molecule has 113 heavy (non-hydrogen) atoms. The second-order valence-electron chi connectivity index (χ2n) is 28.3. The lowest BCUT2D eigenvalue weighted by atomic mass is 9.89. The van der Waals surface area contributed by atoms with Gasteiger partial charge in [0.15, 0.2) is 18.9 Å². The normalized spacial score (nSPS) is 24.2.